The van der Waals surface area contributed by atoms with Gasteiger partial charge in [0.1, 0.15) is 5.69 Å². The Morgan fingerprint density at radius 2 is 1.80 bits per heavy atom. The number of sulfonamides is 1. The highest BCUT2D eigenvalue weighted by molar-refractivity contribution is 7.89. The van der Waals surface area contributed by atoms with Gasteiger partial charge in [0, 0.05) is 45.5 Å². The quantitative estimate of drug-likeness (QED) is 0.390. The Balaban J connectivity index is 1.76. The van der Waals surface area contributed by atoms with E-state index in [1.807, 2.05) is 50.2 Å². The lowest BCUT2D eigenvalue weighted by Gasteiger charge is -2.28. The molecule has 9 heteroatoms. The second-order valence-corrected chi connectivity index (χ2v) is 10.7. The zero-order chi connectivity index (χ0) is 24.8. The maximum atomic E-state index is 13.8. The van der Waals surface area contributed by atoms with E-state index in [1.165, 1.54) is 4.31 Å². The third-order valence-electron chi connectivity index (χ3n) is 6.11. The summed E-state index contributed by atoms with van der Waals surface area (Å²) >= 11 is 0. The van der Waals surface area contributed by atoms with Crippen LogP contribution in [-0.2, 0) is 26.0 Å². The molecule has 0 atom stereocenters. The smallest absolute Gasteiger partial charge is 0.243 e. The molecule has 1 aliphatic rings. The molecule has 0 amide bonds. The van der Waals surface area contributed by atoms with Crippen molar-refractivity contribution in [3.05, 3.63) is 65.2 Å². The highest BCUT2D eigenvalue weighted by Gasteiger charge is 2.31. The van der Waals surface area contributed by atoms with Crippen LogP contribution in [0.1, 0.15) is 23.1 Å². The normalized spacial score (nSPS) is 14.6. The molecule has 0 spiro atoms. The summed E-state index contributed by atoms with van der Waals surface area (Å²) in [7, 11) is -2.15. The van der Waals surface area contributed by atoms with Crippen LogP contribution in [-0.4, -0.2) is 64.4 Å². The topological polar surface area (TPSA) is 85.1 Å². The fourth-order valence-electron chi connectivity index (χ4n) is 4.18. The molecule has 3 aromatic rings. The summed E-state index contributed by atoms with van der Waals surface area (Å²) in [4.78, 5) is 2.35. The van der Waals surface area contributed by atoms with Crippen molar-refractivity contribution in [2.45, 2.75) is 31.7 Å². The van der Waals surface area contributed by atoms with Gasteiger partial charge in [0.25, 0.3) is 0 Å². The van der Waals surface area contributed by atoms with Crippen LogP contribution in [0.3, 0.4) is 0 Å². The largest absolute Gasteiger partial charge is 0.385 e. The highest BCUT2D eigenvalue weighted by atomic mass is 32.2. The van der Waals surface area contributed by atoms with Gasteiger partial charge < -0.3 is 18.9 Å². The number of morpholine rings is 1. The standard InChI is InChI=1S/C26H33N3O5S/c1-20-8-10-23(11-9-20)35(30,31)29(12-5-15-32-3)19-24-25(22-7-4-6-21(2)18-22)27-34-26(24)28-13-16-33-17-14-28/h4,6-11,18H,5,12-17,19H2,1-3H3. The minimum absolute atomic E-state index is 0.138. The van der Waals surface area contributed by atoms with Crippen LogP contribution < -0.4 is 4.90 Å². The minimum atomic E-state index is -3.76. The van der Waals surface area contributed by atoms with E-state index in [9.17, 15) is 8.42 Å². The van der Waals surface area contributed by atoms with Gasteiger partial charge in [-0.1, -0.05) is 46.6 Å². The molecule has 1 aliphatic heterocycles. The van der Waals surface area contributed by atoms with Crippen LogP contribution >= 0.6 is 0 Å². The summed E-state index contributed by atoms with van der Waals surface area (Å²) < 4.78 is 45.6. The number of nitrogens with zero attached hydrogens (tertiary/aromatic N) is 3. The molecular weight excluding hydrogens is 466 g/mol. The van der Waals surface area contributed by atoms with Gasteiger partial charge in [-0.25, -0.2) is 8.42 Å². The van der Waals surface area contributed by atoms with Crippen molar-refractivity contribution in [1.29, 1.82) is 0 Å². The first-order valence-corrected chi connectivity index (χ1v) is 13.3. The van der Waals surface area contributed by atoms with E-state index in [1.54, 1.807) is 19.2 Å². The van der Waals surface area contributed by atoms with Crippen molar-refractivity contribution in [3.63, 3.8) is 0 Å². The summed E-state index contributed by atoms with van der Waals surface area (Å²) in [5.41, 5.74) is 4.41. The molecular formula is C26H33N3O5S. The second kappa shape index (κ2) is 11.3. The number of anilines is 1. The minimum Gasteiger partial charge on any atom is -0.385 e. The highest BCUT2D eigenvalue weighted by Crippen LogP contribution is 2.34. The Labute approximate surface area is 207 Å². The first kappa shape index (κ1) is 25.4. The predicted molar refractivity (Wildman–Crippen MR) is 135 cm³/mol. The number of benzene rings is 2. The molecule has 0 saturated carbocycles. The van der Waals surface area contributed by atoms with Crippen molar-refractivity contribution in [2.75, 3.05) is 51.5 Å². The maximum Gasteiger partial charge on any atom is 0.243 e. The van der Waals surface area contributed by atoms with Crippen molar-refractivity contribution >= 4 is 15.9 Å². The first-order valence-electron chi connectivity index (χ1n) is 11.8. The number of methoxy groups -OCH3 is 1. The molecule has 35 heavy (non-hydrogen) atoms. The predicted octanol–water partition coefficient (Wildman–Crippen LogP) is 4.02. The van der Waals surface area contributed by atoms with Gasteiger partial charge in [-0.3, -0.25) is 0 Å². The Morgan fingerprint density at radius 1 is 1.06 bits per heavy atom. The van der Waals surface area contributed by atoms with Crippen molar-refractivity contribution in [1.82, 2.24) is 9.46 Å². The van der Waals surface area contributed by atoms with Gasteiger partial charge in [0.15, 0.2) is 0 Å². The molecule has 188 valence electrons. The summed E-state index contributed by atoms with van der Waals surface area (Å²) in [5.74, 6) is 0.598. The van der Waals surface area contributed by atoms with Gasteiger partial charge in [0.05, 0.1) is 23.7 Å². The van der Waals surface area contributed by atoms with E-state index >= 15 is 0 Å². The molecule has 0 unspecified atom stereocenters. The average Bonchev–Trinajstić information content (AvgIpc) is 3.28. The molecule has 0 radical (unpaired) electrons. The van der Waals surface area contributed by atoms with Crippen molar-refractivity contribution < 1.29 is 22.4 Å². The Hall–Kier alpha value is -2.72. The molecule has 0 aliphatic carbocycles. The molecule has 2 aromatic carbocycles. The summed E-state index contributed by atoms with van der Waals surface area (Å²) in [6, 6.07) is 14.9. The van der Waals surface area contributed by atoms with Gasteiger partial charge >= 0.3 is 0 Å². The van der Waals surface area contributed by atoms with Crippen molar-refractivity contribution in [3.8, 4) is 11.3 Å². The van der Waals surface area contributed by atoms with E-state index in [-0.39, 0.29) is 11.4 Å². The first-order chi connectivity index (χ1) is 16.9. The van der Waals surface area contributed by atoms with E-state index in [4.69, 9.17) is 14.0 Å². The van der Waals surface area contributed by atoms with Crippen LogP contribution in [0, 0.1) is 13.8 Å². The molecule has 2 heterocycles. The Bertz CT molecular complexity index is 1220. The van der Waals surface area contributed by atoms with E-state index in [2.05, 4.69) is 10.1 Å². The lowest BCUT2D eigenvalue weighted by molar-refractivity contribution is 0.120. The number of aromatic nitrogens is 1. The molecule has 8 nitrogen and oxygen atoms in total. The van der Waals surface area contributed by atoms with E-state index in [0.717, 1.165) is 22.3 Å². The van der Waals surface area contributed by atoms with Crippen LogP contribution in [0.2, 0.25) is 0 Å². The Morgan fingerprint density at radius 3 is 2.49 bits per heavy atom. The van der Waals surface area contributed by atoms with Gasteiger partial charge in [0.2, 0.25) is 15.9 Å². The third kappa shape index (κ3) is 5.92. The SMILES string of the molecule is COCCCN(Cc1c(-c2cccc(C)c2)noc1N1CCOCC1)S(=O)(=O)c1ccc(C)cc1. The zero-order valence-corrected chi connectivity index (χ0v) is 21.4. The molecule has 1 saturated heterocycles. The molecule has 0 bridgehead atoms. The fourth-order valence-corrected chi connectivity index (χ4v) is 5.63. The zero-order valence-electron chi connectivity index (χ0n) is 20.6. The fraction of sp³-hybridized carbons (Fsp3) is 0.423. The second-order valence-electron chi connectivity index (χ2n) is 8.78. The van der Waals surface area contributed by atoms with Crippen LogP contribution in [0.4, 0.5) is 5.88 Å². The summed E-state index contributed by atoms with van der Waals surface area (Å²) in [6.45, 7) is 7.35. The number of hydrogen-bond acceptors (Lipinski definition) is 7. The number of aryl methyl sites for hydroxylation is 2. The van der Waals surface area contributed by atoms with E-state index < -0.39 is 10.0 Å². The van der Waals surface area contributed by atoms with Crippen LogP contribution in [0.25, 0.3) is 11.3 Å². The van der Waals surface area contributed by atoms with Crippen LogP contribution in [0.5, 0.6) is 0 Å². The monoisotopic (exact) mass is 499 g/mol. The van der Waals surface area contributed by atoms with Crippen molar-refractivity contribution in [2.24, 2.45) is 0 Å². The third-order valence-corrected chi connectivity index (χ3v) is 7.97. The average molecular weight is 500 g/mol. The lowest BCUT2D eigenvalue weighted by Crippen LogP contribution is -2.37. The van der Waals surface area contributed by atoms with Gasteiger partial charge in [-0.15, -0.1) is 0 Å². The van der Waals surface area contributed by atoms with E-state index in [0.29, 0.717) is 57.5 Å². The molecule has 1 aromatic heterocycles. The van der Waals surface area contributed by atoms with Gasteiger partial charge in [-0.2, -0.15) is 4.31 Å². The maximum absolute atomic E-state index is 13.8. The number of hydrogen-bond donors (Lipinski definition) is 0. The summed E-state index contributed by atoms with van der Waals surface area (Å²) in [6.07, 6.45) is 0.569. The Kier molecular flexibility index (Phi) is 8.22. The molecule has 4 rings (SSSR count). The number of rotatable bonds is 10. The molecule has 0 N–H and O–H groups in total. The molecule has 1 fully saturated rings. The van der Waals surface area contributed by atoms with Gasteiger partial charge in [-0.05, 0) is 38.5 Å². The van der Waals surface area contributed by atoms with Crippen LogP contribution in [0.15, 0.2) is 57.9 Å². The summed E-state index contributed by atoms with van der Waals surface area (Å²) in [5, 5.41) is 4.41. The number of ether oxygens (including phenoxy) is 2. The lowest BCUT2D eigenvalue weighted by atomic mass is 10.0.